The molecule has 3 amide bonds. The first-order chi connectivity index (χ1) is 17.0. The van der Waals surface area contributed by atoms with E-state index in [2.05, 4.69) is 21.7 Å². The summed E-state index contributed by atoms with van der Waals surface area (Å²) in [5.41, 5.74) is 1.22. The number of nitriles is 1. The third kappa shape index (κ3) is 4.33. The average Bonchev–Trinajstić information content (AvgIpc) is 3.33. The lowest BCUT2D eigenvalue weighted by Crippen LogP contribution is -2.63. The van der Waals surface area contributed by atoms with Crippen LogP contribution in [0.15, 0.2) is 24.3 Å². The molecule has 4 aliphatic rings. The van der Waals surface area contributed by atoms with Gasteiger partial charge in [-0.05, 0) is 69.1 Å². The number of fused-ring (bicyclic) bond motifs is 4. The van der Waals surface area contributed by atoms with Gasteiger partial charge in [0.25, 0.3) is 5.91 Å². The highest BCUT2D eigenvalue weighted by atomic mass is 16.5. The van der Waals surface area contributed by atoms with Crippen LogP contribution in [-0.2, 0) is 9.59 Å². The van der Waals surface area contributed by atoms with E-state index >= 15 is 0 Å². The number of H-pyrrole nitrogens is 1. The van der Waals surface area contributed by atoms with Crippen LogP contribution < -0.4 is 15.4 Å². The summed E-state index contributed by atoms with van der Waals surface area (Å²) in [5.74, 6) is -0.123. The summed E-state index contributed by atoms with van der Waals surface area (Å²) >= 11 is 0. The van der Waals surface area contributed by atoms with Gasteiger partial charge in [-0.1, -0.05) is 6.07 Å². The van der Waals surface area contributed by atoms with Gasteiger partial charge in [-0.3, -0.25) is 14.4 Å². The number of hydrogen-bond donors (Lipinski definition) is 3. The summed E-state index contributed by atoms with van der Waals surface area (Å²) in [6.07, 6.45) is 5.37. The molecule has 1 aromatic carbocycles. The van der Waals surface area contributed by atoms with Crippen LogP contribution in [0.25, 0.3) is 10.9 Å². The third-order valence-electron chi connectivity index (χ3n) is 7.85. The van der Waals surface area contributed by atoms with Gasteiger partial charge in [0.1, 0.15) is 23.5 Å². The summed E-state index contributed by atoms with van der Waals surface area (Å²) in [6.45, 7) is 0.654. The normalized spacial score (nSPS) is 26.6. The first-order valence-electron chi connectivity index (χ1n) is 12.5. The zero-order chi connectivity index (χ0) is 24.5. The smallest absolute Gasteiger partial charge is 0.271 e. The zero-order valence-electron chi connectivity index (χ0n) is 19.9. The van der Waals surface area contributed by atoms with Crippen molar-refractivity contribution in [2.75, 3.05) is 13.7 Å². The van der Waals surface area contributed by atoms with Crippen LogP contribution in [0, 0.1) is 23.2 Å². The number of aromatic amines is 1. The lowest BCUT2D eigenvalue weighted by Gasteiger charge is -2.50. The van der Waals surface area contributed by atoms with Crippen molar-refractivity contribution in [1.82, 2.24) is 20.5 Å². The first-order valence-corrected chi connectivity index (χ1v) is 12.5. The Hall–Kier alpha value is -3.54. The fraction of sp³-hybridized carbons (Fsp3) is 0.538. The number of nitrogens with zero attached hydrogens (tertiary/aromatic N) is 2. The Bertz CT molecular complexity index is 1180. The van der Waals surface area contributed by atoms with Crippen LogP contribution in [0.4, 0.5) is 0 Å². The molecule has 4 fully saturated rings. The minimum absolute atomic E-state index is 0.0128. The van der Waals surface area contributed by atoms with E-state index in [9.17, 15) is 19.6 Å². The van der Waals surface area contributed by atoms with E-state index in [1.807, 2.05) is 18.2 Å². The Kier molecular flexibility index (Phi) is 6.37. The Morgan fingerprint density at radius 3 is 2.77 bits per heavy atom. The second-order valence-electron chi connectivity index (χ2n) is 9.89. The van der Waals surface area contributed by atoms with E-state index in [0.717, 1.165) is 43.0 Å². The molecule has 35 heavy (non-hydrogen) atoms. The number of methoxy groups -OCH3 is 1. The molecule has 1 saturated carbocycles. The monoisotopic (exact) mass is 477 g/mol. The number of ether oxygens (including phenoxy) is 1. The number of carbonyl (C=O) groups is 3. The topological polar surface area (TPSA) is 127 Å². The standard InChI is InChI=1S/C26H31N5O4/c1-35-22-6-2-5-20-19(22)13-21(30-20)26(34)31-18-9-7-15(8-10-18)23(31)25(33)29-17(14-27)12-16-4-3-11-28-24(16)32/h2,5-6,13,15-18,23,30H,3-4,7-12H2,1H3,(H,28,32)(H,29,33)/t15?,16-,17-,18?,23-/m1/s1. The molecule has 1 aliphatic carbocycles. The molecule has 0 spiro atoms. The lowest BCUT2D eigenvalue weighted by molar-refractivity contribution is -0.134. The molecule has 3 atom stereocenters. The van der Waals surface area contributed by atoms with Crippen LogP contribution >= 0.6 is 0 Å². The van der Waals surface area contributed by atoms with Gasteiger partial charge in [0, 0.05) is 29.4 Å². The van der Waals surface area contributed by atoms with E-state index < -0.39 is 12.1 Å². The lowest BCUT2D eigenvalue weighted by atomic mass is 9.74. The highest BCUT2D eigenvalue weighted by molar-refractivity contribution is 6.02. The number of hydrogen-bond acceptors (Lipinski definition) is 5. The molecule has 0 unspecified atom stereocenters. The Labute approximate surface area is 204 Å². The number of piperidine rings is 3. The largest absolute Gasteiger partial charge is 0.496 e. The summed E-state index contributed by atoms with van der Waals surface area (Å²) in [7, 11) is 1.59. The van der Waals surface area contributed by atoms with Crippen molar-refractivity contribution in [1.29, 1.82) is 5.26 Å². The molecule has 6 rings (SSSR count). The van der Waals surface area contributed by atoms with E-state index in [-0.39, 0.29) is 42.0 Å². The predicted molar refractivity (Wildman–Crippen MR) is 128 cm³/mol. The fourth-order valence-electron chi connectivity index (χ4n) is 6.09. The van der Waals surface area contributed by atoms with Gasteiger partial charge in [0.2, 0.25) is 11.8 Å². The maximum atomic E-state index is 13.7. The van der Waals surface area contributed by atoms with Crippen molar-refractivity contribution >= 4 is 28.6 Å². The van der Waals surface area contributed by atoms with Gasteiger partial charge in [0.15, 0.2) is 0 Å². The van der Waals surface area contributed by atoms with E-state index in [0.29, 0.717) is 24.4 Å². The Balaban J connectivity index is 1.37. The summed E-state index contributed by atoms with van der Waals surface area (Å²) in [5, 5.41) is 16.2. The maximum absolute atomic E-state index is 13.7. The molecule has 3 N–H and O–H groups in total. The van der Waals surface area contributed by atoms with Gasteiger partial charge < -0.3 is 25.3 Å². The van der Waals surface area contributed by atoms with Crippen LogP contribution in [0.1, 0.15) is 55.4 Å². The van der Waals surface area contributed by atoms with Crippen LogP contribution in [0.5, 0.6) is 5.75 Å². The predicted octanol–water partition coefficient (Wildman–Crippen LogP) is 2.48. The summed E-state index contributed by atoms with van der Waals surface area (Å²) in [4.78, 5) is 44.3. The average molecular weight is 478 g/mol. The molecular formula is C26H31N5O4. The Morgan fingerprint density at radius 1 is 1.26 bits per heavy atom. The van der Waals surface area contributed by atoms with E-state index in [1.54, 1.807) is 18.1 Å². The van der Waals surface area contributed by atoms with Crippen molar-refractivity contribution in [3.63, 3.8) is 0 Å². The summed E-state index contributed by atoms with van der Waals surface area (Å²) in [6, 6.07) is 8.12. The molecule has 2 aromatic rings. The molecule has 1 aromatic heterocycles. The number of aromatic nitrogens is 1. The van der Waals surface area contributed by atoms with Crippen molar-refractivity contribution in [3.05, 3.63) is 30.0 Å². The van der Waals surface area contributed by atoms with Crippen molar-refractivity contribution in [2.24, 2.45) is 11.8 Å². The molecule has 0 radical (unpaired) electrons. The molecule has 9 nitrogen and oxygen atoms in total. The van der Waals surface area contributed by atoms with E-state index in [1.165, 1.54) is 0 Å². The van der Waals surface area contributed by atoms with Gasteiger partial charge >= 0.3 is 0 Å². The summed E-state index contributed by atoms with van der Waals surface area (Å²) < 4.78 is 5.43. The van der Waals surface area contributed by atoms with Crippen molar-refractivity contribution < 1.29 is 19.1 Å². The minimum Gasteiger partial charge on any atom is -0.496 e. The number of rotatable bonds is 6. The molecule has 3 aliphatic heterocycles. The number of nitrogens with one attached hydrogen (secondary N) is 3. The number of carbonyl (C=O) groups excluding carboxylic acids is 3. The first kappa shape index (κ1) is 23.2. The second kappa shape index (κ2) is 9.61. The van der Waals surface area contributed by atoms with Crippen molar-refractivity contribution in [2.45, 2.75) is 63.1 Å². The number of benzene rings is 1. The molecular weight excluding hydrogens is 446 g/mol. The molecule has 4 heterocycles. The molecule has 3 saturated heterocycles. The van der Waals surface area contributed by atoms with Crippen LogP contribution in [0.3, 0.4) is 0 Å². The van der Waals surface area contributed by atoms with Crippen LogP contribution in [-0.4, -0.2) is 59.4 Å². The zero-order valence-corrected chi connectivity index (χ0v) is 19.9. The molecule has 2 bridgehead atoms. The third-order valence-corrected chi connectivity index (χ3v) is 7.85. The van der Waals surface area contributed by atoms with Gasteiger partial charge in [-0.25, -0.2) is 0 Å². The highest BCUT2D eigenvalue weighted by Gasteiger charge is 2.48. The van der Waals surface area contributed by atoms with Gasteiger partial charge in [0.05, 0.1) is 13.2 Å². The molecule has 184 valence electrons. The highest BCUT2D eigenvalue weighted by Crippen LogP contribution is 2.41. The van der Waals surface area contributed by atoms with E-state index in [4.69, 9.17) is 4.74 Å². The fourth-order valence-corrected chi connectivity index (χ4v) is 6.09. The Morgan fingerprint density at radius 2 is 2.06 bits per heavy atom. The van der Waals surface area contributed by atoms with Gasteiger partial charge in [-0.2, -0.15) is 5.26 Å². The number of amides is 3. The quantitative estimate of drug-likeness (QED) is 0.589. The minimum atomic E-state index is -0.772. The van der Waals surface area contributed by atoms with Crippen molar-refractivity contribution in [3.8, 4) is 11.8 Å². The molecule has 9 heteroatoms. The maximum Gasteiger partial charge on any atom is 0.271 e. The second-order valence-corrected chi connectivity index (χ2v) is 9.89. The SMILES string of the molecule is COc1cccc2[nH]c(C(=O)N3C4CCC(CC4)[C@@H]3C(=O)N[C@@H](C#N)C[C@H]3CCCNC3=O)cc12. The van der Waals surface area contributed by atoms with Crippen LogP contribution in [0.2, 0.25) is 0 Å². The van der Waals surface area contributed by atoms with Gasteiger partial charge in [-0.15, -0.1) is 0 Å².